The molecule has 2 fully saturated rings. The Kier molecular flexibility index (Phi) is 3.40. The molecule has 0 atom stereocenters. The first-order valence-corrected chi connectivity index (χ1v) is 7.56. The second-order valence-corrected chi connectivity index (χ2v) is 6.27. The van der Waals surface area contributed by atoms with Crippen LogP contribution in [0.25, 0.3) is 0 Å². The first kappa shape index (κ1) is 13.4. The fraction of sp³-hybridized carbons (Fsp3) is 0.786. The molecule has 0 bridgehead atoms. The maximum Gasteiger partial charge on any atom is 0.232 e. The molecule has 6 heteroatoms. The van der Waals surface area contributed by atoms with Crippen molar-refractivity contribution >= 4 is 17.8 Å². The third-order valence-electron chi connectivity index (χ3n) is 4.37. The van der Waals surface area contributed by atoms with Crippen molar-refractivity contribution in [1.29, 1.82) is 0 Å². The molecule has 0 unspecified atom stereocenters. The van der Waals surface area contributed by atoms with E-state index in [9.17, 15) is 0 Å². The van der Waals surface area contributed by atoms with E-state index in [0.29, 0.717) is 5.95 Å². The van der Waals surface area contributed by atoms with Gasteiger partial charge >= 0.3 is 0 Å². The van der Waals surface area contributed by atoms with Crippen molar-refractivity contribution in [2.75, 3.05) is 41.8 Å². The number of hydrogen-bond donors (Lipinski definition) is 1. The molecule has 2 aliphatic rings. The van der Waals surface area contributed by atoms with E-state index in [2.05, 4.69) is 38.9 Å². The van der Waals surface area contributed by atoms with E-state index in [1.54, 1.807) is 0 Å². The van der Waals surface area contributed by atoms with Crippen molar-refractivity contribution in [2.24, 2.45) is 0 Å². The van der Waals surface area contributed by atoms with Crippen molar-refractivity contribution < 1.29 is 0 Å². The van der Waals surface area contributed by atoms with E-state index >= 15 is 0 Å². The van der Waals surface area contributed by atoms with E-state index < -0.39 is 0 Å². The lowest BCUT2D eigenvalue weighted by Crippen LogP contribution is -2.39. The fourth-order valence-corrected chi connectivity index (χ4v) is 3.12. The molecule has 0 spiro atoms. The van der Waals surface area contributed by atoms with E-state index in [1.807, 2.05) is 7.05 Å². The Balaban J connectivity index is 1.95. The molecule has 20 heavy (non-hydrogen) atoms. The van der Waals surface area contributed by atoms with Gasteiger partial charge in [-0.15, -0.1) is 0 Å². The molecule has 3 rings (SSSR count). The van der Waals surface area contributed by atoms with Crippen LogP contribution in [0.2, 0.25) is 0 Å². The summed E-state index contributed by atoms with van der Waals surface area (Å²) >= 11 is 0. The largest absolute Gasteiger partial charge is 0.357 e. The highest BCUT2D eigenvalue weighted by Gasteiger charge is 2.34. The van der Waals surface area contributed by atoms with E-state index in [4.69, 9.17) is 4.98 Å². The lowest BCUT2D eigenvalue weighted by atomic mass is 10.0. The molecular weight excluding hydrogens is 252 g/mol. The molecule has 1 N–H and O–H groups in total. The summed E-state index contributed by atoms with van der Waals surface area (Å²) in [5.41, 5.74) is 0.134. The van der Waals surface area contributed by atoms with Gasteiger partial charge < -0.3 is 15.1 Å². The Hall–Kier alpha value is -1.59. The van der Waals surface area contributed by atoms with Crippen LogP contribution in [0.1, 0.15) is 39.5 Å². The molecule has 3 heterocycles. The van der Waals surface area contributed by atoms with Crippen LogP contribution in [0.15, 0.2) is 0 Å². The maximum atomic E-state index is 4.73. The number of aromatic nitrogens is 3. The average Bonchev–Trinajstić information content (AvgIpc) is 3.07. The topological polar surface area (TPSA) is 57.2 Å². The number of nitrogens with one attached hydrogen (secondary N) is 1. The zero-order valence-electron chi connectivity index (χ0n) is 12.7. The summed E-state index contributed by atoms with van der Waals surface area (Å²) in [5, 5.41) is 3.07. The number of hydrogen-bond acceptors (Lipinski definition) is 6. The first-order valence-electron chi connectivity index (χ1n) is 7.56. The molecule has 0 radical (unpaired) electrons. The van der Waals surface area contributed by atoms with Gasteiger partial charge in [-0.25, -0.2) is 0 Å². The molecule has 2 saturated heterocycles. The van der Waals surface area contributed by atoms with Gasteiger partial charge in [-0.2, -0.15) is 15.0 Å². The molecule has 1 aromatic rings. The minimum atomic E-state index is 0.134. The van der Waals surface area contributed by atoms with Crippen LogP contribution in [-0.4, -0.2) is 47.2 Å². The second kappa shape index (κ2) is 5.07. The highest BCUT2D eigenvalue weighted by atomic mass is 15.4. The Morgan fingerprint density at radius 3 is 2.25 bits per heavy atom. The number of nitrogens with zero attached hydrogens (tertiary/aromatic N) is 5. The summed E-state index contributed by atoms with van der Waals surface area (Å²) in [6.07, 6.45) is 4.84. The molecule has 1 aromatic heterocycles. The predicted octanol–water partition coefficient (Wildman–Crippen LogP) is 1.89. The summed E-state index contributed by atoms with van der Waals surface area (Å²) < 4.78 is 0. The van der Waals surface area contributed by atoms with Crippen LogP contribution in [0.5, 0.6) is 0 Å². The normalized spacial score (nSPS) is 21.6. The van der Waals surface area contributed by atoms with E-state index in [1.165, 1.54) is 25.7 Å². The minimum Gasteiger partial charge on any atom is -0.357 e. The standard InChI is InChI=1S/C14H24N6/c1-14(2)7-6-10-20(14)13-17-11(15-3)16-12(18-13)19-8-4-5-9-19/h4-10H2,1-3H3,(H,15,16,17,18). The summed E-state index contributed by atoms with van der Waals surface area (Å²) in [7, 11) is 1.86. The predicted molar refractivity (Wildman–Crippen MR) is 81.5 cm³/mol. The van der Waals surface area contributed by atoms with Gasteiger partial charge in [0.1, 0.15) is 0 Å². The molecule has 2 aliphatic heterocycles. The zero-order chi connectivity index (χ0) is 14.2. The third-order valence-corrected chi connectivity index (χ3v) is 4.37. The Bertz CT molecular complexity index is 481. The maximum absolute atomic E-state index is 4.73. The molecular formula is C14H24N6. The highest BCUT2D eigenvalue weighted by molar-refractivity contribution is 5.47. The van der Waals surface area contributed by atoms with E-state index in [-0.39, 0.29) is 5.54 Å². The molecule has 0 saturated carbocycles. The summed E-state index contributed by atoms with van der Waals surface area (Å²) in [4.78, 5) is 18.4. The fourth-order valence-electron chi connectivity index (χ4n) is 3.12. The van der Waals surface area contributed by atoms with Crippen molar-refractivity contribution in [3.05, 3.63) is 0 Å². The zero-order valence-corrected chi connectivity index (χ0v) is 12.7. The lowest BCUT2D eigenvalue weighted by Gasteiger charge is -2.32. The van der Waals surface area contributed by atoms with Gasteiger partial charge in [-0.3, -0.25) is 0 Å². The van der Waals surface area contributed by atoms with Gasteiger partial charge in [0.2, 0.25) is 17.8 Å². The van der Waals surface area contributed by atoms with Gasteiger partial charge in [-0.1, -0.05) is 0 Å². The van der Waals surface area contributed by atoms with Crippen LogP contribution in [-0.2, 0) is 0 Å². The van der Waals surface area contributed by atoms with Gasteiger partial charge in [0.05, 0.1) is 0 Å². The van der Waals surface area contributed by atoms with Gasteiger partial charge in [0, 0.05) is 32.2 Å². The van der Waals surface area contributed by atoms with Crippen LogP contribution in [0, 0.1) is 0 Å². The number of rotatable bonds is 3. The van der Waals surface area contributed by atoms with E-state index in [0.717, 1.165) is 31.5 Å². The monoisotopic (exact) mass is 276 g/mol. The smallest absolute Gasteiger partial charge is 0.232 e. The number of anilines is 3. The van der Waals surface area contributed by atoms with Gasteiger partial charge in [0.15, 0.2) is 0 Å². The molecule has 0 amide bonds. The molecule has 6 nitrogen and oxygen atoms in total. The van der Waals surface area contributed by atoms with Crippen molar-refractivity contribution in [3.63, 3.8) is 0 Å². The SMILES string of the molecule is CNc1nc(N2CCCC2)nc(N2CCCC2(C)C)n1. The Morgan fingerprint density at radius 1 is 0.950 bits per heavy atom. The molecule has 110 valence electrons. The minimum absolute atomic E-state index is 0.134. The summed E-state index contributed by atoms with van der Waals surface area (Å²) in [6, 6.07) is 0. The first-order chi connectivity index (χ1) is 9.60. The van der Waals surface area contributed by atoms with Crippen LogP contribution >= 0.6 is 0 Å². The second-order valence-electron chi connectivity index (χ2n) is 6.27. The third kappa shape index (κ3) is 2.39. The molecule has 0 aromatic carbocycles. The Morgan fingerprint density at radius 2 is 1.65 bits per heavy atom. The molecule has 0 aliphatic carbocycles. The van der Waals surface area contributed by atoms with Crippen molar-refractivity contribution in [1.82, 2.24) is 15.0 Å². The lowest BCUT2D eigenvalue weighted by molar-refractivity contribution is 0.509. The highest BCUT2D eigenvalue weighted by Crippen LogP contribution is 2.32. The quantitative estimate of drug-likeness (QED) is 0.910. The van der Waals surface area contributed by atoms with Crippen molar-refractivity contribution in [3.8, 4) is 0 Å². The summed E-state index contributed by atoms with van der Waals surface area (Å²) in [5.74, 6) is 2.30. The van der Waals surface area contributed by atoms with Crippen LogP contribution in [0.4, 0.5) is 17.8 Å². The van der Waals surface area contributed by atoms with Crippen molar-refractivity contribution in [2.45, 2.75) is 45.1 Å². The van der Waals surface area contributed by atoms with Crippen LogP contribution < -0.4 is 15.1 Å². The van der Waals surface area contributed by atoms with Gasteiger partial charge in [0.25, 0.3) is 0 Å². The summed E-state index contributed by atoms with van der Waals surface area (Å²) in [6.45, 7) is 7.66. The van der Waals surface area contributed by atoms with Crippen LogP contribution in [0.3, 0.4) is 0 Å². The van der Waals surface area contributed by atoms with Gasteiger partial charge in [-0.05, 0) is 39.5 Å². The average molecular weight is 276 g/mol. The Labute approximate surface area is 120 Å².